The van der Waals surface area contributed by atoms with Gasteiger partial charge in [-0.25, -0.2) is 0 Å². The quantitative estimate of drug-likeness (QED) is 0.618. The zero-order chi connectivity index (χ0) is 22.1. The van der Waals surface area contributed by atoms with E-state index in [2.05, 4.69) is 10.6 Å². The molecule has 30 heavy (non-hydrogen) atoms. The standard InChI is InChI=1S/C22H28N2O6/c1-6-30-18-10-7-15(11-20(18)29-5)14(2)24-21(25)13-23-22(26)16-8-9-17(27-3)19(12-16)28-4/h7-12,14H,6,13H2,1-5H3,(H,23,26)(H,24,25). The van der Waals surface area contributed by atoms with Crippen LogP contribution in [0.4, 0.5) is 0 Å². The number of carbonyl (C=O) groups excluding carboxylic acids is 2. The lowest BCUT2D eigenvalue weighted by Gasteiger charge is -2.17. The van der Waals surface area contributed by atoms with E-state index in [9.17, 15) is 9.59 Å². The Hall–Kier alpha value is -3.42. The second kappa shape index (κ2) is 10.9. The maximum atomic E-state index is 12.3. The van der Waals surface area contributed by atoms with Gasteiger partial charge in [-0.15, -0.1) is 0 Å². The molecule has 0 fully saturated rings. The first kappa shape index (κ1) is 22.9. The number of rotatable bonds is 10. The average Bonchev–Trinajstić information content (AvgIpc) is 2.77. The maximum Gasteiger partial charge on any atom is 0.251 e. The number of amides is 2. The zero-order valence-electron chi connectivity index (χ0n) is 17.9. The van der Waals surface area contributed by atoms with Gasteiger partial charge in [0.15, 0.2) is 23.0 Å². The minimum absolute atomic E-state index is 0.161. The molecule has 2 N–H and O–H groups in total. The first-order chi connectivity index (χ1) is 14.4. The third-order valence-corrected chi connectivity index (χ3v) is 4.42. The van der Waals surface area contributed by atoms with Crippen LogP contribution in [0.2, 0.25) is 0 Å². The van der Waals surface area contributed by atoms with E-state index in [0.717, 1.165) is 5.56 Å². The topological polar surface area (TPSA) is 95.1 Å². The Morgan fingerprint density at radius 1 is 0.900 bits per heavy atom. The van der Waals surface area contributed by atoms with E-state index in [4.69, 9.17) is 18.9 Å². The number of hydrogen-bond donors (Lipinski definition) is 2. The van der Waals surface area contributed by atoms with Gasteiger partial charge >= 0.3 is 0 Å². The lowest BCUT2D eigenvalue weighted by molar-refractivity contribution is -0.120. The minimum Gasteiger partial charge on any atom is -0.493 e. The van der Waals surface area contributed by atoms with Crippen LogP contribution in [0.1, 0.15) is 35.8 Å². The van der Waals surface area contributed by atoms with Crippen LogP contribution < -0.4 is 29.6 Å². The molecule has 0 heterocycles. The molecule has 2 aromatic carbocycles. The summed E-state index contributed by atoms with van der Waals surface area (Å²) < 4.78 is 21.2. The molecule has 0 aliphatic rings. The van der Waals surface area contributed by atoms with Crippen molar-refractivity contribution in [2.75, 3.05) is 34.5 Å². The fourth-order valence-electron chi connectivity index (χ4n) is 2.84. The number of methoxy groups -OCH3 is 3. The van der Waals surface area contributed by atoms with E-state index in [-0.39, 0.29) is 24.4 Å². The van der Waals surface area contributed by atoms with E-state index >= 15 is 0 Å². The Labute approximate surface area is 176 Å². The van der Waals surface area contributed by atoms with Gasteiger partial charge < -0.3 is 29.6 Å². The zero-order valence-corrected chi connectivity index (χ0v) is 17.9. The van der Waals surface area contributed by atoms with E-state index in [1.165, 1.54) is 14.2 Å². The molecule has 0 aromatic heterocycles. The van der Waals surface area contributed by atoms with Crippen LogP contribution in [0.3, 0.4) is 0 Å². The summed E-state index contributed by atoms with van der Waals surface area (Å²) in [7, 11) is 4.57. The monoisotopic (exact) mass is 416 g/mol. The predicted octanol–water partition coefficient (Wildman–Crippen LogP) is 2.72. The second-order valence-electron chi connectivity index (χ2n) is 6.38. The lowest BCUT2D eigenvalue weighted by Crippen LogP contribution is -2.38. The molecule has 0 bridgehead atoms. The van der Waals surface area contributed by atoms with Crippen molar-refractivity contribution < 1.29 is 28.5 Å². The number of benzene rings is 2. The summed E-state index contributed by atoms with van der Waals surface area (Å²) in [6, 6.07) is 10.00. The molecular weight excluding hydrogens is 388 g/mol. The van der Waals surface area contributed by atoms with E-state index in [0.29, 0.717) is 35.2 Å². The molecule has 1 atom stereocenters. The van der Waals surface area contributed by atoms with Crippen LogP contribution in [0, 0.1) is 0 Å². The summed E-state index contributed by atoms with van der Waals surface area (Å²) in [5.41, 5.74) is 1.22. The van der Waals surface area contributed by atoms with Crippen molar-refractivity contribution in [3.8, 4) is 23.0 Å². The summed E-state index contributed by atoms with van der Waals surface area (Å²) in [6.45, 7) is 4.11. The molecule has 162 valence electrons. The molecule has 0 radical (unpaired) electrons. The molecule has 8 heteroatoms. The number of hydrogen-bond acceptors (Lipinski definition) is 6. The molecule has 0 aliphatic carbocycles. The summed E-state index contributed by atoms with van der Waals surface area (Å²) in [5.74, 6) is 1.49. The van der Waals surface area contributed by atoms with Crippen molar-refractivity contribution >= 4 is 11.8 Å². The van der Waals surface area contributed by atoms with Gasteiger partial charge in [0.25, 0.3) is 5.91 Å². The largest absolute Gasteiger partial charge is 0.493 e. The highest BCUT2D eigenvalue weighted by molar-refractivity contribution is 5.97. The predicted molar refractivity (Wildman–Crippen MR) is 113 cm³/mol. The molecule has 0 aliphatic heterocycles. The van der Waals surface area contributed by atoms with Crippen molar-refractivity contribution in [2.45, 2.75) is 19.9 Å². The Morgan fingerprint density at radius 2 is 1.53 bits per heavy atom. The van der Waals surface area contributed by atoms with Gasteiger partial charge in [0.05, 0.1) is 40.5 Å². The van der Waals surface area contributed by atoms with Gasteiger partial charge in [-0.1, -0.05) is 6.07 Å². The third kappa shape index (κ3) is 5.79. The van der Waals surface area contributed by atoms with Crippen LogP contribution in [0.15, 0.2) is 36.4 Å². The number of carbonyl (C=O) groups is 2. The molecule has 0 spiro atoms. The van der Waals surface area contributed by atoms with Crippen molar-refractivity contribution in [1.82, 2.24) is 10.6 Å². The Morgan fingerprint density at radius 3 is 2.17 bits per heavy atom. The van der Waals surface area contributed by atoms with E-state index in [1.54, 1.807) is 31.4 Å². The van der Waals surface area contributed by atoms with Gasteiger partial charge in [-0.05, 0) is 49.7 Å². The molecule has 0 saturated heterocycles. The van der Waals surface area contributed by atoms with Crippen molar-refractivity contribution in [3.05, 3.63) is 47.5 Å². The third-order valence-electron chi connectivity index (χ3n) is 4.42. The second-order valence-corrected chi connectivity index (χ2v) is 6.38. The van der Waals surface area contributed by atoms with Gasteiger partial charge in [0, 0.05) is 5.56 Å². The molecule has 2 rings (SSSR count). The highest BCUT2D eigenvalue weighted by Crippen LogP contribution is 2.30. The Balaban J connectivity index is 1.95. The van der Waals surface area contributed by atoms with Crippen LogP contribution in [0.5, 0.6) is 23.0 Å². The molecule has 0 saturated carbocycles. The van der Waals surface area contributed by atoms with E-state index < -0.39 is 0 Å². The van der Waals surface area contributed by atoms with E-state index in [1.807, 2.05) is 26.0 Å². The highest BCUT2D eigenvalue weighted by Gasteiger charge is 2.15. The lowest BCUT2D eigenvalue weighted by atomic mass is 10.1. The summed E-state index contributed by atoms with van der Waals surface area (Å²) in [4.78, 5) is 24.6. The van der Waals surface area contributed by atoms with Crippen LogP contribution >= 0.6 is 0 Å². The smallest absolute Gasteiger partial charge is 0.251 e. The average molecular weight is 416 g/mol. The number of nitrogens with one attached hydrogen (secondary N) is 2. The Bertz CT molecular complexity index is 884. The highest BCUT2D eigenvalue weighted by atomic mass is 16.5. The first-order valence-corrected chi connectivity index (χ1v) is 9.53. The SMILES string of the molecule is CCOc1ccc(C(C)NC(=O)CNC(=O)c2ccc(OC)c(OC)c2)cc1OC. The van der Waals surface area contributed by atoms with Crippen molar-refractivity contribution in [1.29, 1.82) is 0 Å². The summed E-state index contributed by atoms with van der Waals surface area (Å²) >= 11 is 0. The Kier molecular flexibility index (Phi) is 8.34. The minimum atomic E-state index is -0.388. The molecular formula is C22H28N2O6. The van der Waals surface area contributed by atoms with Crippen LogP contribution in [-0.2, 0) is 4.79 Å². The maximum absolute atomic E-state index is 12.3. The number of ether oxygens (including phenoxy) is 4. The molecule has 2 aromatic rings. The van der Waals surface area contributed by atoms with Crippen molar-refractivity contribution in [2.24, 2.45) is 0 Å². The summed E-state index contributed by atoms with van der Waals surface area (Å²) in [5, 5.41) is 5.45. The fraction of sp³-hybridized carbons (Fsp3) is 0.364. The van der Waals surface area contributed by atoms with Crippen molar-refractivity contribution in [3.63, 3.8) is 0 Å². The summed E-state index contributed by atoms with van der Waals surface area (Å²) in [6.07, 6.45) is 0. The van der Waals surface area contributed by atoms with Gasteiger partial charge in [-0.2, -0.15) is 0 Å². The normalized spacial score (nSPS) is 11.2. The molecule has 8 nitrogen and oxygen atoms in total. The van der Waals surface area contributed by atoms with Gasteiger partial charge in [-0.3, -0.25) is 9.59 Å². The molecule has 2 amide bonds. The first-order valence-electron chi connectivity index (χ1n) is 9.53. The van der Waals surface area contributed by atoms with Crippen LogP contribution in [0.25, 0.3) is 0 Å². The van der Waals surface area contributed by atoms with Gasteiger partial charge in [0.1, 0.15) is 0 Å². The van der Waals surface area contributed by atoms with Crippen LogP contribution in [-0.4, -0.2) is 46.3 Å². The fourth-order valence-corrected chi connectivity index (χ4v) is 2.84. The molecule has 1 unspecified atom stereocenters. The van der Waals surface area contributed by atoms with Gasteiger partial charge in [0.2, 0.25) is 5.91 Å².